The van der Waals surface area contributed by atoms with E-state index in [1.165, 1.54) is 11.1 Å². The summed E-state index contributed by atoms with van der Waals surface area (Å²) in [5.41, 5.74) is 2.61. The third kappa shape index (κ3) is 4.98. The summed E-state index contributed by atoms with van der Waals surface area (Å²) >= 11 is 1.96. The molecule has 1 amide bonds. The van der Waals surface area contributed by atoms with Crippen LogP contribution in [-0.2, 0) is 17.9 Å². The minimum Gasteiger partial charge on any atom is -0.352 e. The van der Waals surface area contributed by atoms with E-state index in [-0.39, 0.29) is 11.8 Å². The van der Waals surface area contributed by atoms with Gasteiger partial charge in [0.05, 0.1) is 0 Å². The first-order valence-electron chi connectivity index (χ1n) is 9.05. The Labute approximate surface area is 150 Å². The molecule has 0 saturated carbocycles. The third-order valence-corrected chi connectivity index (χ3v) is 6.20. The Bertz CT molecular complexity index is 537. The fourth-order valence-electron chi connectivity index (χ4n) is 3.42. The topological polar surface area (TPSA) is 35.6 Å². The van der Waals surface area contributed by atoms with Crippen LogP contribution < -0.4 is 5.32 Å². The summed E-state index contributed by atoms with van der Waals surface area (Å²) < 4.78 is 0. The van der Waals surface area contributed by atoms with Gasteiger partial charge in [-0.1, -0.05) is 24.3 Å². The van der Waals surface area contributed by atoms with E-state index < -0.39 is 0 Å². The molecule has 2 fully saturated rings. The monoisotopic (exact) mass is 347 g/mol. The van der Waals surface area contributed by atoms with Crippen molar-refractivity contribution in [1.29, 1.82) is 0 Å². The molecule has 132 valence electrons. The van der Waals surface area contributed by atoms with E-state index in [1.807, 2.05) is 11.8 Å². The minimum atomic E-state index is 0.219. The number of carbonyl (C=O) groups is 1. The number of thioether (sulfide) groups is 1. The van der Waals surface area contributed by atoms with E-state index in [1.54, 1.807) is 0 Å². The number of amides is 1. The predicted molar refractivity (Wildman–Crippen MR) is 101 cm³/mol. The van der Waals surface area contributed by atoms with E-state index >= 15 is 0 Å². The molecule has 0 aromatic heterocycles. The summed E-state index contributed by atoms with van der Waals surface area (Å²) in [5, 5.41) is 3.18. The van der Waals surface area contributed by atoms with Crippen LogP contribution in [0.2, 0.25) is 0 Å². The van der Waals surface area contributed by atoms with Crippen molar-refractivity contribution < 1.29 is 4.79 Å². The molecule has 0 radical (unpaired) electrons. The molecular weight excluding hydrogens is 318 g/mol. The van der Waals surface area contributed by atoms with Crippen molar-refractivity contribution >= 4 is 17.7 Å². The van der Waals surface area contributed by atoms with Gasteiger partial charge in [-0.25, -0.2) is 0 Å². The normalized spacial score (nSPS) is 20.9. The van der Waals surface area contributed by atoms with Gasteiger partial charge in [-0.3, -0.25) is 9.69 Å². The molecular formula is C19H29N3OS. The number of benzene rings is 1. The van der Waals surface area contributed by atoms with Gasteiger partial charge in [0.25, 0.3) is 0 Å². The van der Waals surface area contributed by atoms with Crippen molar-refractivity contribution in [3.63, 3.8) is 0 Å². The lowest BCUT2D eigenvalue weighted by atomic mass is 10.0. The van der Waals surface area contributed by atoms with Gasteiger partial charge in [-0.15, -0.1) is 0 Å². The molecule has 2 aliphatic heterocycles. The summed E-state index contributed by atoms with van der Waals surface area (Å²) in [4.78, 5) is 17.3. The van der Waals surface area contributed by atoms with Crippen LogP contribution in [0.3, 0.4) is 0 Å². The van der Waals surface area contributed by atoms with Crippen LogP contribution in [-0.4, -0.2) is 60.4 Å². The Balaban J connectivity index is 1.54. The first-order chi connectivity index (χ1) is 11.7. The summed E-state index contributed by atoms with van der Waals surface area (Å²) in [7, 11) is 2.19. The maximum absolute atomic E-state index is 12.4. The van der Waals surface area contributed by atoms with Crippen molar-refractivity contribution in [3.05, 3.63) is 35.4 Å². The average molecular weight is 348 g/mol. The summed E-state index contributed by atoms with van der Waals surface area (Å²) in [6.07, 6.45) is 2.05. The molecule has 0 atom stereocenters. The Kier molecular flexibility index (Phi) is 6.58. The quantitative estimate of drug-likeness (QED) is 0.886. The van der Waals surface area contributed by atoms with E-state index in [0.29, 0.717) is 6.54 Å². The number of nitrogens with one attached hydrogen (secondary N) is 1. The Hall–Kier alpha value is -1.04. The van der Waals surface area contributed by atoms with Crippen molar-refractivity contribution in [2.45, 2.75) is 25.9 Å². The fourth-order valence-corrected chi connectivity index (χ4v) is 4.52. The van der Waals surface area contributed by atoms with Crippen molar-refractivity contribution in [3.8, 4) is 0 Å². The highest BCUT2D eigenvalue weighted by Crippen LogP contribution is 2.23. The van der Waals surface area contributed by atoms with Gasteiger partial charge in [0.1, 0.15) is 0 Å². The van der Waals surface area contributed by atoms with Crippen molar-refractivity contribution in [1.82, 2.24) is 15.1 Å². The number of rotatable bonds is 5. The standard InChI is InChI=1S/C19H29N3OS/c1-21-8-10-22(11-9-21)15-18-5-3-2-4-17(18)14-20-19(23)16-6-12-24-13-7-16/h2-5,16H,6-15H2,1H3,(H,20,23). The number of piperazine rings is 1. The van der Waals surface area contributed by atoms with Crippen LogP contribution in [0.4, 0.5) is 0 Å². The largest absolute Gasteiger partial charge is 0.352 e. The van der Waals surface area contributed by atoms with Gasteiger partial charge in [-0.2, -0.15) is 11.8 Å². The zero-order valence-electron chi connectivity index (χ0n) is 14.7. The minimum absolute atomic E-state index is 0.219. The predicted octanol–water partition coefficient (Wildman–Crippen LogP) is 2.19. The van der Waals surface area contributed by atoms with Crippen LogP contribution >= 0.6 is 11.8 Å². The summed E-state index contributed by atoms with van der Waals surface area (Å²) in [6, 6.07) is 8.54. The number of hydrogen-bond donors (Lipinski definition) is 1. The first kappa shape index (κ1) is 17.8. The SMILES string of the molecule is CN1CCN(Cc2ccccc2CNC(=O)C2CCSCC2)CC1. The highest BCUT2D eigenvalue weighted by Gasteiger charge is 2.21. The van der Waals surface area contributed by atoms with Crippen molar-refractivity contribution in [2.75, 3.05) is 44.7 Å². The lowest BCUT2D eigenvalue weighted by Gasteiger charge is -2.32. The molecule has 1 N–H and O–H groups in total. The molecule has 1 aromatic rings. The number of nitrogens with zero attached hydrogens (tertiary/aromatic N) is 2. The lowest BCUT2D eigenvalue weighted by Crippen LogP contribution is -2.44. The first-order valence-corrected chi connectivity index (χ1v) is 10.2. The fraction of sp³-hybridized carbons (Fsp3) is 0.632. The third-order valence-electron chi connectivity index (χ3n) is 5.15. The number of likely N-dealkylation sites (N-methyl/N-ethyl adjacent to an activating group) is 1. The smallest absolute Gasteiger partial charge is 0.223 e. The van der Waals surface area contributed by atoms with Crippen LogP contribution in [0.5, 0.6) is 0 Å². The Morgan fingerprint density at radius 2 is 1.79 bits per heavy atom. The molecule has 2 aliphatic rings. The second-order valence-corrected chi connectivity index (χ2v) is 8.18. The molecule has 0 bridgehead atoms. The molecule has 0 aliphatic carbocycles. The molecule has 2 saturated heterocycles. The molecule has 3 rings (SSSR count). The van der Waals surface area contributed by atoms with Gasteiger partial charge in [-0.05, 0) is 42.5 Å². The zero-order valence-corrected chi connectivity index (χ0v) is 15.5. The lowest BCUT2D eigenvalue weighted by molar-refractivity contribution is -0.125. The van der Waals surface area contributed by atoms with Crippen molar-refractivity contribution in [2.24, 2.45) is 5.92 Å². The summed E-state index contributed by atoms with van der Waals surface area (Å²) in [5.74, 6) is 2.71. The second-order valence-electron chi connectivity index (χ2n) is 6.95. The number of carbonyl (C=O) groups excluding carboxylic acids is 1. The van der Waals surface area contributed by atoms with Gasteiger partial charge in [0.2, 0.25) is 5.91 Å². The van der Waals surface area contributed by atoms with Gasteiger partial charge in [0.15, 0.2) is 0 Å². The molecule has 0 spiro atoms. The number of hydrogen-bond acceptors (Lipinski definition) is 4. The zero-order chi connectivity index (χ0) is 16.8. The van der Waals surface area contributed by atoms with Crippen LogP contribution in [0, 0.1) is 5.92 Å². The summed E-state index contributed by atoms with van der Waals surface area (Å²) in [6.45, 7) is 6.16. The molecule has 0 unspecified atom stereocenters. The Morgan fingerprint density at radius 1 is 1.12 bits per heavy atom. The van der Waals surface area contributed by atoms with E-state index in [2.05, 4.69) is 46.4 Å². The second kappa shape index (κ2) is 8.88. The van der Waals surface area contributed by atoms with E-state index in [9.17, 15) is 4.79 Å². The van der Waals surface area contributed by atoms with Gasteiger partial charge >= 0.3 is 0 Å². The molecule has 2 heterocycles. The maximum Gasteiger partial charge on any atom is 0.223 e. The molecule has 24 heavy (non-hydrogen) atoms. The molecule has 1 aromatic carbocycles. The molecule has 5 heteroatoms. The maximum atomic E-state index is 12.4. The van der Waals surface area contributed by atoms with E-state index in [4.69, 9.17) is 0 Å². The van der Waals surface area contributed by atoms with Gasteiger partial charge < -0.3 is 10.2 Å². The highest BCUT2D eigenvalue weighted by atomic mass is 32.2. The highest BCUT2D eigenvalue weighted by molar-refractivity contribution is 7.99. The van der Waals surface area contributed by atoms with Crippen LogP contribution in [0.25, 0.3) is 0 Å². The van der Waals surface area contributed by atoms with Crippen LogP contribution in [0.1, 0.15) is 24.0 Å². The molecule has 4 nitrogen and oxygen atoms in total. The van der Waals surface area contributed by atoms with Crippen LogP contribution in [0.15, 0.2) is 24.3 Å². The average Bonchev–Trinajstić information content (AvgIpc) is 2.63. The Morgan fingerprint density at radius 3 is 2.50 bits per heavy atom. The van der Waals surface area contributed by atoms with E-state index in [0.717, 1.165) is 57.1 Å². The van der Waals surface area contributed by atoms with Gasteiger partial charge in [0, 0.05) is 45.2 Å².